The van der Waals surface area contributed by atoms with Crippen molar-refractivity contribution < 1.29 is 26.7 Å². The van der Waals surface area contributed by atoms with E-state index in [2.05, 4.69) is 20.3 Å². The molecule has 0 spiro atoms. The maximum Gasteiger partial charge on any atom is 0.435 e. The topological polar surface area (TPSA) is 65.7 Å². The van der Waals surface area contributed by atoms with Crippen LogP contribution in [0.1, 0.15) is 28.9 Å². The standard InChI is InChI=1S/C16H11ClF5N5O/c1-8-5-23-15(24-6-8)28-7-12-13(16(20,21)22)27(26-25-12)9-2-3-11(17)10(4-9)14(18)19/h2-6,14H,7H2,1H3. The van der Waals surface area contributed by atoms with E-state index < -0.39 is 36.2 Å². The number of alkyl halides is 5. The summed E-state index contributed by atoms with van der Waals surface area (Å²) in [5, 5.41) is 6.66. The fourth-order valence-electron chi connectivity index (χ4n) is 2.29. The van der Waals surface area contributed by atoms with E-state index in [1.165, 1.54) is 12.4 Å². The first-order valence-corrected chi connectivity index (χ1v) is 8.06. The van der Waals surface area contributed by atoms with Crippen LogP contribution in [0.15, 0.2) is 30.6 Å². The normalized spacial score (nSPS) is 11.9. The van der Waals surface area contributed by atoms with Crippen LogP contribution in [0.5, 0.6) is 6.01 Å². The quantitative estimate of drug-likeness (QED) is 0.567. The lowest BCUT2D eigenvalue weighted by Gasteiger charge is -2.13. The zero-order valence-corrected chi connectivity index (χ0v) is 14.8. The van der Waals surface area contributed by atoms with Gasteiger partial charge in [0.2, 0.25) is 0 Å². The molecule has 0 fully saturated rings. The number of rotatable bonds is 5. The first kappa shape index (κ1) is 19.9. The Morgan fingerprint density at radius 1 is 1.18 bits per heavy atom. The molecule has 2 aromatic heterocycles. The van der Waals surface area contributed by atoms with Gasteiger partial charge in [-0.15, -0.1) is 5.10 Å². The first-order valence-electron chi connectivity index (χ1n) is 7.68. The third-order valence-corrected chi connectivity index (χ3v) is 3.91. The highest BCUT2D eigenvalue weighted by atomic mass is 35.5. The summed E-state index contributed by atoms with van der Waals surface area (Å²) in [6.07, 6.45) is -4.97. The van der Waals surface area contributed by atoms with Crippen molar-refractivity contribution in [2.24, 2.45) is 0 Å². The molecular formula is C16H11ClF5N5O. The maximum absolute atomic E-state index is 13.6. The van der Waals surface area contributed by atoms with E-state index >= 15 is 0 Å². The third-order valence-electron chi connectivity index (χ3n) is 3.56. The molecule has 0 amide bonds. The Labute approximate surface area is 159 Å². The molecule has 12 heteroatoms. The molecule has 0 atom stereocenters. The molecule has 0 N–H and O–H groups in total. The number of halogens is 6. The van der Waals surface area contributed by atoms with E-state index in [0.717, 1.165) is 23.8 Å². The van der Waals surface area contributed by atoms with Gasteiger partial charge in [-0.1, -0.05) is 16.8 Å². The van der Waals surface area contributed by atoms with Crippen LogP contribution in [0.2, 0.25) is 5.02 Å². The van der Waals surface area contributed by atoms with Crippen LogP contribution in [0, 0.1) is 6.92 Å². The monoisotopic (exact) mass is 419 g/mol. The average Bonchev–Trinajstić information content (AvgIpc) is 3.06. The summed E-state index contributed by atoms with van der Waals surface area (Å²) < 4.78 is 72.3. The van der Waals surface area contributed by atoms with Gasteiger partial charge in [0.05, 0.1) is 5.69 Å². The summed E-state index contributed by atoms with van der Waals surface area (Å²) in [5.74, 6) is 0. The fraction of sp³-hybridized carbons (Fsp3) is 0.250. The Hall–Kier alpha value is -2.82. The molecule has 0 aliphatic carbocycles. The Kier molecular flexibility index (Phi) is 5.45. The highest BCUT2D eigenvalue weighted by Crippen LogP contribution is 2.35. The summed E-state index contributed by atoms with van der Waals surface area (Å²) >= 11 is 5.66. The van der Waals surface area contributed by atoms with Crippen molar-refractivity contribution in [3.05, 3.63) is 58.1 Å². The fourth-order valence-corrected chi connectivity index (χ4v) is 2.49. The molecule has 0 radical (unpaired) electrons. The molecule has 28 heavy (non-hydrogen) atoms. The van der Waals surface area contributed by atoms with Crippen molar-refractivity contribution >= 4 is 11.6 Å². The first-order chi connectivity index (χ1) is 13.2. The second kappa shape index (κ2) is 7.66. The van der Waals surface area contributed by atoms with E-state index in [-0.39, 0.29) is 16.7 Å². The Balaban J connectivity index is 1.97. The molecular weight excluding hydrogens is 409 g/mol. The second-order valence-electron chi connectivity index (χ2n) is 5.63. The van der Waals surface area contributed by atoms with Crippen LogP contribution in [0.25, 0.3) is 5.69 Å². The number of benzene rings is 1. The van der Waals surface area contributed by atoms with E-state index in [9.17, 15) is 22.0 Å². The summed E-state index contributed by atoms with van der Waals surface area (Å²) in [4.78, 5) is 7.65. The Morgan fingerprint density at radius 2 is 1.86 bits per heavy atom. The van der Waals surface area contributed by atoms with Gasteiger partial charge in [-0.2, -0.15) is 13.2 Å². The van der Waals surface area contributed by atoms with Crippen LogP contribution < -0.4 is 4.74 Å². The van der Waals surface area contributed by atoms with Crippen LogP contribution in [0.3, 0.4) is 0 Å². The zero-order valence-electron chi connectivity index (χ0n) is 14.1. The van der Waals surface area contributed by atoms with Gasteiger partial charge in [0.25, 0.3) is 6.43 Å². The van der Waals surface area contributed by atoms with Gasteiger partial charge < -0.3 is 4.74 Å². The minimum atomic E-state index is -4.87. The molecule has 148 valence electrons. The summed E-state index contributed by atoms with van der Waals surface area (Å²) in [7, 11) is 0. The van der Waals surface area contributed by atoms with E-state index in [1.54, 1.807) is 6.92 Å². The predicted octanol–water partition coefficient (Wildman–Crippen LogP) is 4.55. The Morgan fingerprint density at radius 3 is 2.46 bits per heavy atom. The zero-order chi connectivity index (χ0) is 20.5. The molecule has 0 saturated heterocycles. The van der Waals surface area contributed by atoms with E-state index in [1.807, 2.05) is 0 Å². The van der Waals surface area contributed by atoms with Crippen molar-refractivity contribution in [3.8, 4) is 11.7 Å². The highest BCUT2D eigenvalue weighted by molar-refractivity contribution is 6.31. The van der Waals surface area contributed by atoms with Gasteiger partial charge in [-0.25, -0.2) is 23.4 Å². The van der Waals surface area contributed by atoms with Gasteiger partial charge in [0.15, 0.2) is 5.69 Å². The number of aryl methyl sites for hydroxylation is 1. The molecule has 2 heterocycles. The molecule has 1 aromatic carbocycles. The van der Waals surface area contributed by atoms with Gasteiger partial charge in [0, 0.05) is 23.0 Å². The maximum atomic E-state index is 13.6. The van der Waals surface area contributed by atoms with Gasteiger partial charge in [-0.3, -0.25) is 0 Å². The van der Waals surface area contributed by atoms with Crippen molar-refractivity contribution in [1.82, 2.24) is 25.0 Å². The van der Waals surface area contributed by atoms with Crippen molar-refractivity contribution in [3.63, 3.8) is 0 Å². The smallest absolute Gasteiger partial charge is 0.435 e. The molecule has 0 unspecified atom stereocenters. The number of hydrogen-bond acceptors (Lipinski definition) is 5. The molecule has 6 nitrogen and oxygen atoms in total. The molecule has 0 aliphatic heterocycles. The lowest BCUT2D eigenvalue weighted by molar-refractivity contribution is -0.143. The number of nitrogens with zero attached hydrogens (tertiary/aromatic N) is 5. The van der Waals surface area contributed by atoms with Crippen molar-refractivity contribution in [2.45, 2.75) is 26.1 Å². The predicted molar refractivity (Wildman–Crippen MR) is 87.4 cm³/mol. The molecule has 0 saturated carbocycles. The molecule has 0 aliphatic rings. The van der Waals surface area contributed by atoms with Gasteiger partial charge in [0.1, 0.15) is 12.3 Å². The minimum absolute atomic E-state index is 0.139. The van der Waals surface area contributed by atoms with Crippen LogP contribution in [0.4, 0.5) is 22.0 Å². The molecule has 0 bridgehead atoms. The average molecular weight is 420 g/mol. The highest BCUT2D eigenvalue weighted by Gasteiger charge is 2.40. The summed E-state index contributed by atoms with van der Waals surface area (Å²) in [6, 6.07) is 2.88. The van der Waals surface area contributed by atoms with E-state index in [0.29, 0.717) is 4.68 Å². The molecule has 3 rings (SSSR count). The number of aromatic nitrogens is 5. The lowest BCUT2D eigenvalue weighted by Crippen LogP contribution is -2.16. The minimum Gasteiger partial charge on any atom is -0.457 e. The van der Waals surface area contributed by atoms with Crippen LogP contribution >= 0.6 is 11.6 Å². The van der Waals surface area contributed by atoms with E-state index in [4.69, 9.17) is 16.3 Å². The summed E-state index contributed by atoms with van der Waals surface area (Å²) in [6.45, 7) is 1.12. The number of hydrogen-bond donors (Lipinski definition) is 0. The van der Waals surface area contributed by atoms with Gasteiger partial charge >= 0.3 is 12.2 Å². The van der Waals surface area contributed by atoms with Crippen LogP contribution in [-0.2, 0) is 12.8 Å². The largest absolute Gasteiger partial charge is 0.457 e. The number of ether oxygens (including phenoxy) is 1. The summed E-state index contributed by atoms with van der Waals surface area (Å²) in [5.41, 5.74) is -1.95. The van der Waals surface area contributed by atoms with Crippen molar-refractivity contribution in [2.75, 3.05) is 0 Å². The van der Waals surface area contributed by atoms with Gasteiger partial charge in [-0.05, 0) is 30.7 Å². The SMILES string of the molecule is Cc1cnc(OCc2nnn(-c3ccc(Cl)c(C(F)F)c3)c2C(F)(F)F)nc1. The van der Waals surface area contributed by atoms with Crippen molar-refractivity contribution in [1.29, 1.82) is 0 Å². The lowest BCUT2D eigenvalue weighted by atomic mass is 10.2. The second-order valence-corrected chi connectivity index (χ2v) is 6.04. The van der Waals surface area contributed by atoms with Crippen LogP contribution in [-0.4, -0.2) is 25.0 Å². The third kappa shape index (κ3) is 4.19. The Bertz CT molecular complexity index is 975. The molecule has 3 aromatic rings.